The van der Waals surface area contributed by atoms with Crippen molar-refractivity contribution in [1.82, 2.24) is 4.90 Å². The molecule has 1 aliphatic rings. The highest BCUT2D eigenvalue weighted by molar-refractivity contribution is 7.14. The molecule has 25 heavy (non-hydrogen) atoms. The lowest BCUT2D eigenvalue weighted by atomic mass is 9.87. The number of carbonyl (C=O) groups is 2. The minimum absolute atomic E-state index is 0.00941. The Balaban J connectivity index is 1.73. The molecule has 1 atom stereocenters. The molecule has 1 N–H and O–H groups in total. The SMILES string of the molecule is Cc1ccc(Cl)c(NC(=O)[C@@H]2CCc3sc(C(=O)N(C)C)cc3C2)c1. The van der Waals surface area contributed by atoms with Crippen molar-refractivity contribution in [3.63, 3.8) is 0 Å². The molecule has 1 heterocycles. The number of thiophene rings is 1. The number of fused-ring (bicyclic) bond motifs is 1. The van der Waals surface area contributed by atoms with Crippen molar-refractivity contribution >= 4 is 40.4 Å². The molecule has 0 saturated heterocycles. The van der Waals surface area contributed by atoms with Crippen molar-refractivity contribution in [3.8, 4) is 0 Å². The number of amides is 2. The lowest BCUT2D eigenvalue weighted by Crippen LogP contribution is -2.27. The molecule has 1 aliphatic carbocycles. The Morgan fingerprint density at radius 3 is 2.76 bits per heavy atom. The van der Waals surface area contributed by atoms with Crippen LogP contribution in [0.15, 0.2) is 24.3 Å². The summed E-state index contributed by atoms with van der Waals surface area (Å²) in [6.07, 6.45) is 2.29. The first-order valence-electron chi connectivity index (χ1n) is 8.25. The van der Waals surface area contributed by atoms with Crippen LogP contribution in [-0.2, 0) is 17.6 Å². The van der Waals surface area contributed by atoms with Gasteiger partial charge in [0.25, 0.3) is 5.91 Å². The first kappa shape index (κ1) is 18.0. The predicted molar refractivity (Wildman–Crippen MR) is 103 cm³/mol. The normalized spacial score (nSPS) is 16.2. The summed E-state index contributed by atoms with van der Waals surface area (Å²) >= 11 is 7.72. The van der Waals surface area contributed by atoms with Gasteiger partial charge in [0.05, 0.1) is 15.6 Å². The van der Waals surface area contributed by atoms with Crippen LogP contribution in [0.3, 0.4) is 0 Å². The van der Waals surface area contributed by atoms with E-state index in [2.05, 4.69) is 5.32 Å². The zero-order chi connectivity index (χ0) is 18.1. The number of carbonyl (C=O) groups excluding carboxylic acids is 2. The molecular formula is C19H21ClN2O2S. The maximum absolute atomic E-state index is 12.6. The number of hydrogen-bond donors (Lipinski definition) is 1. The molecule has 0 unspecified atom stereocenters. The third-order valence-electron chi connectivity index (χ3n) is 4.45. The molecule has 2 aromatic rings. The average Bonchev–Trinajstić information content (AvgIpc) is 3.00. The highest BCUT2D eigenvalue weighted by Crippen LogP contribution is 2.34. The monoisotopic (exact) mass is 376 g/mol. The zero-order valence-electron chi connectivity index (χ0n) is 14.6. The number of halogens is 1. The molecule has 0 spiro atoms. The Kier molecular flexibility index (Phi) is 5.16. The summed E-state index contributed by atoms with van der Waals surface area (Å²) < 4.78 is 0. The van der Waals surface area contributed by atoms with E-state index in [1.165, 1.54) is 4.88 Å². The van der Waals surface area contributed by atoms with E-state index in [0.717, 1.165) is 28.8 Å². The van der Waals surface area contributed by atoms with Crippen molar-refractivity contribution in [3.05, 3.63) is 50.2 Å². The Hall–Kier alpha value is -1.85. The highest BCUT2D eigenvalue weighted by Gasteiger charge is 2.28. The van der Waals surface area contributed by atoms with Gasteiger partial charge in [-0.3, -0.25) is 9.59 Å². The van der Waals surface area contributed by atoms with Gasteiger partial charge >= 0.3 is 0 Å². The number of nitrogens with zero attached hydrogens (tertiary/aromatic N) is 1. The third kappa shape index (κ3) is 3.88. The fraction of sp³-hybridized carbons (Fsp3) is 0.368. The summed E-state index contributed by atoms with van der Waals surface area (Å²) in [6, 6.07) is 7.54. The number of benzene rings is 1. The van der Waals surface area contributed by atoms with Gasteiger partial charge in [0, 0.05) is 24.9 Å². The van der Waals surface area contributed by atoms with E-state index in [1.54, 1.807) is 36.4 Å². The van der Waals surface area contributed by atoms with E-state index in [0.29, 0.717) is 17.1 Å². The van der Waals surface area contributed by atoms with Crippen LogP contribution in [0, 0.1) is 12.8 Å². The van der Waals surface area contributed by atoms with Crippen molar-refractivity contribution in [1.29, 1.82) is 0 Å². The van der Waals surface area contributed by atoms with Gasteiger partial charge in [0.1, 0.15) is 0 Å². The molecule has 1 aromatic carbocycles. The quantitative estimate of drug-likeness (QED) is 0.874. The summed E-state index contributed by atoms with van der Waals surface area (Å²) in [5, 5.41) is 3.50. The first-order chi connectivity index (χ1) is 11.8. The number of hydrogen-bond acceptors (Lipinski definition) is 3. The minimum Gasteiger partial charge on any atom is -0.344 e. The van der Waals surface area contributed by atoms with Crippen LogP contribution >= 0.6 is 22.9 Å². The number of anilines is 1. The van der Waals surface area contributed by atoms with E-state index in [9.17, 15) is 9.59 Å². The summed E-state index contributed by atoms with van der Waals surface area (Å²) in [5.74, 6) is -0.0854. The van der Waals surface area contributed by atoms with Gasteiger partial charge in [-0.15, -0.1) is 11.3 Å². The molecule has 6 heteroatoms. The van der Waals surface area contributed by atoms with Gasteiger partial charge in [0.2, 0.25) is 5.91 Å². The van der Waals surface area contributed by atoms with E-state index < -0.39 is 0 Å². The molecule has 2 amide bonds. The largest absolute Gasteiger partial charge is 0.344 e. The highest BCUT2D eigenvalue weighted by atomic mass is 35.5. The fourth-order valence-electron chi connectivity index (χ4n) is 3.04. The Morgan fingerprint density at radius 2 is 2.04 bits per heavy atom. The number of aryl methyl sites for hydroxylation is 2. The molecule has 4 nitrogen and oxygen atoms in total. The van der Waals surface area contributed by atoms with E-state index in [-0.39, 0.29) is 17.7 Å². The van der Waals surface area contributed by atoms with Crippen molar-refractivity contribution in [2.45, 2.75) is 26.2 Å². The van der Waals surface area contributed by atoms with Crippen molar-refractivity contribution in [2.75, 3.05) is 19.4 Å². The summed E-state index contributed by atoms with van der Waals surface area (Å²) in [6.45, 7) is 1.97. The lowest BCUT2D eigenvalue weighted by molar-refractivity contribution is -0.120. The molecule has 3 rings (SSSR count). The van der Waals surface area contributed by atoms with Crippen LogP contribution in [0.2, 0.25) is 5.02 Å². The van der Waals surface area contributed by atoms with E-state index in [4.69, 9.17) is 11.6 Å². The molecule has 1 aromatic heterocycles. The molecule has 0 fully saturated rings. The second-order valence-corrected chi connectivity index (χ2v) is 8.21. The van der Waals surface area contributed by atoms with Gasteiger partial charge < -0.3 is 10.2 Å². The first-order valence-corrected chi connectivity index (χ1v) is 9.45. The number of rotatable bonds is 3. The van der Waals surface area contributed by atoms with Crippen molar-refractivity contribution in [2.24, 2.45) is 5.92 Å². The van der Waals surface area contributed by atoms with Gasteiger partial charge in [-0.1, -0.05) is 17.7 Å². The second kappa shape index (κ2) is 7.18. The summed E-state index contributed by atoms with van der Waals surface area (Å²) in [5.41, 5.74) is 2.83. The fourth-order valence-corrected chi connectivity index (χ4v) is 4.44. The number of nitrogens with one attached hydrogen (secondary N) is 1. The average molecular weight is 377 g/mol. The second-order valence-electron chi connectivity index (χ2n) is 6.67. The Bertz CT molecular complexity index is 829. The Morgan fingerprint density at radius 1 is 1.28 bits per heavy atom. The van der Waals surface area contributed by atoms with Crippen LogP contribution in [-0.4, -0.2) is 30.8 Å². The van der Waals surface area contributed by atoms with Crippen LogP contribution < -0.4 is 5.32 Å². The van der Waals surface area contributed by atoms with Crippen LogP contribution in [0.25, 0.3) is 0 Å². The maximum Gasteiger partial charge on any atom is 0.263 e. The summed E-state index contributed by atoms with van der Waals surface area (Å²) in [4.78, 5) is 28.3. The molecule has 0 bridgehead atoms. The molecular weight excluding hydrogens is 356 g/mol. The standard InChI is InChI=1S/C19H21ClN2O2S/c1-11-4-6-14(20)15(8-11)21-18(23)12-5-7-16-13(9-12)10-17(25-16)19(24)22(2)3/h4,6,8,10,12H,5,7,9H2,1-3H3,(H,21,23)/t12-/m1/s1. The Labute approximate surface area is 156 Å². The van der Waals surface area contributed by atoms with Gasteiger partial charge in [-0.25, -0.2) is 0 Å². The van der Waals surface area contributed by atoms with Crippen molar-refractivity contribution < 1.29 is 9.59 Å². The van der Waals surface area contributed by atoms with Crippen LogP contribution in [0.1, 0.15) is 32.1 Å². The third-order valence-corrected chi connectivity index (χ3v) is 6.00. The van der Waals surface area contributed by atoms with Gasteiger partial charge in [-0.2, -0.15) is 0 Å². The molecule has 0 radical (unpaired) electrons. The topological polar surface area (TPSA) is 49.4 Å². The molecule has 0 saturated carbocycles. The predicted octanol–water partition coefficient (Wildman–Crippen LogP) is 4.16. The van der Waals surface area contributed by atoms with E-state index in [1.807, 2.05) is 25.1 Å². The summed E-state index contributed by atoms with van der Waals surface area (Å²) in [7, 11) is 3.51. The lowest BCUT2D eigenvalue weighted by Gasteiger charge is -2.21. The molecule has 132 valence electrons. The minimum atomic E-state index is -0.0963. The van der Waals surface area contributed by atoms with Crippen LogP contribution in [0.4, 0.5) is 5.69 Å². The maximum atomic E-state index is 12.6. The smallest absolute Gasteiger partial charge is 0.263 e. The van der Waals surface area contributed by atoms with Gasteiger partial charge in [-0.05, 0) is 55.5 Å². The van der Waals surface area contributed by atoms with Gasteiger partial charge in [0.15, 0.2) is 0 Å². The zero-order valence-corrected chi connectivity index (χ0v) is 16.1. The molecule has 0 aliphatic heterocycles. The van der Waals surface area contributed by atoms with E-state index >= 15 is 0 Å². The van der Waals surface area contributed by atoms with Crippen LogP contribution in [0.5, 0.6) is 0 Å².